The second-order valence-electron chi connectivity index (χ2n) is 5.23. The number of hydrogen-bond acceptors (Lipinski definition) is 6. The van der Waals surface area contributed by atoms with Crippen molar-refractivity contribution in [2.24, 2.45) is 0 Å². The molecule has 0 aliphatic carbocycles. The van der Waals surface area contributed by atoms with Gasteiger partial charge in [-0.3, -0.25) is 4.72 Å². The van der Waals surface area contributed by atoms with Gasteiger partial charge >= 0.3 is 5.97 Å². The second kappa shape index (κ2) is 6.51. The zero-order valence-corrected chi connectivity index (χ0v) is 15.5. The van der Waals surface area contributed by atoms with Gasteiger partial charge in [0.25, 0.3) is 10.0 Å². The Hall–Kier alpha value is -2.36. The summed E-state index contributed by atoms with van der Waals surface area (Å²) < 4.78 is 27.7. The Morgan fingerprint density at radius 2 is 1.84 bits per heavy atom. The van der Waals surface area contributed by atoms with Crippen LogP contribution in [0.15, 0.2) is 47.4 Å². The minimum absolute atomic E-state index is 0.0442. The molecule has 1 aromatic carbocycles. The first kappa shape index (κ1) is 17.5. The van der Waals surface area contributed by atoms with Crippen molar-refractivity contribution in [1.82, 2.24) is 0 Å². The number of thiophene rings is 2. The fourth-order valence-electron chi connectivity index (χ4n) is 2.29. The van der Waals surface area contributed by atoms with Crippen LogP contribution < -0.4 is 10.5 Å². The van der Waals surface area contributed by atoms with Crippen LogP contribution in [0, 0.1) is 6.92 Å². The molecule has 0 fully saturated rings. The Labute approximate surface area is 152 Å². The van der Waals surface area contributed by atoms with Gasteiger partial charge in [-0.1, -0.05) is 18.2 Å². The third-order valence-corrected chi connectivity index (χ3v) is 7.18. The molecule has 0 radical (unpaired) electrons. The first-order valence-corrected chi connectivity index (χ1v) is 10.2. The zero-order chi connectivity index (χ0) is 18.2. The maximum absolute atomic E-state index is 12.6. The molecule has 0 saturated carbocycles. The summed E-state index contributed by atoms with van der Waals surface area (Å²) in [4.78, 5) is 13.0. The lowest BCUT2D eigenvalue weighted by atomic mass is 10.2. The van der Waals surface area contributed by atoms with Gasteiger partial charge in [0.2, 0.25) is 0 Å². The number of nitrogens with two attached hydrogens (primary N) is 1. The van der Waals surface area contributed by atoms with E-state index in [4.69, 9.17) is 5.73 Å². The van der Waals surface area contributed by atoms with Gasteiger partial charge in [-0.15, -0.1) is 22.7 Å². The first-order chi connectivity index (χ1) is 11.8. The molecular weight excluding hydrogens is 380 g/mol. The molecule has 0 aliphatic heterocycles. The molecule has 3 aromatic rings. The smallest absolute Gasteiger partial charge is 0.348 e. The number of carbonyl (C=O) groups is 1. The van der Waals surface area contributed by atoms with Crippen LogP contribution in [-0.2, 0) is 10.0 Å². The van der Waals surface area contributed by atoms with E-state index in [1.807, 2.05) is 0 Å². The molecule has 6 nitrogen and oxygen atoms in total. The van der Waals surface area contributed by atoms with E-state index >= 15 is 0 Å². The van der Waals surface area contributed by atoms with Gasteiger partial charge < -0.3 is 10.8 Å². The highest BCUT2D eigenvalue weighted by Crippen LogP contribution is 2.39. The van der Waals surface area contributed by atoms with E-state index in [0.29, 0.717) is 15.4 Å². The Morgan fingerprint density at radius 3 is 2.44 bits per heavy atom. The number of nitrogen functional groups attached to an aromatic ring is 1. The summed E-state index contributed by atoms with van der Waals surface area (Å²) in [6, 6.07) is 11.5. The molecule has 3 rings (SSSR count). The van der Waals surface area contributed by atoms with E-state index in [0.717, 1.165) is 16.2 Å². The summed E-state index contributed by atoms with van der Waals surface area (Å²) in [5.74, 6) is -1.19. The number of anilines is 2. The normalized spacial score (nSPS) is 11.4. The number of nitrogens with one attached hydrogen (secondary N) is 1. The van der Waals surface area contributed by atoms with Gasteiger partial charge in [0.15, 0.2) is 0 Å². The number of carboxylic acids is 1. The number of hydrogen-bond donors (Lipinski definition) is 3. The van der Waals surface area contributed by atoms with Crippen molar-refractivity contribution in [3.63, 3.8) is 0 Å². The minimum atomic E-state index is -3.89. The summed E-state index contributed by atoms with van der Waals surface area (Å²) in [5.41, 5.74) is 6.33. The van der Waals surface area contributed by atoms with Gasteiger partial charge in [-0.2, -0.15) is 0 Å². The largest absolute Gasteiger partial charge is 0.477 e. The van der Waals surface area contributed by atoms with E-state index in [1.54, 1.807) is 37.3 Å². The lowest BCUT2D eigenvalue weighted by molar-refractivity contribution is 0.0703. The summed E-state index contributed by atoms with van der Waals surface area (Å²) in [6.07, 6.45) is 0. The number of benzene rings is 1. The Kier molecular flexibility index (Phi) is 4.55. The summed E-state index contributed by atoms with van der Waals surface area (Å²) in [7, 11) is -3.89. The van der Waals surface area contributed by atoms with E-state index in [-0.39, 0.29) is 15.5 Å². The number of aromatic carboxylic acids is 1. The highest BCUT2D eigenvalue weighted by atomic mass is 32.2. The second-order valence-corrected chi connectivity index (χ2v) is 9.05. The monoisotopic (exact) mass is 394 g/mol. The molecule has 0 amide bonds. The fraction of sp³-hybridized carbons (Fsp3) is 0.0625. The molecule has 0 bridgehead atoms. The number of aryl methyl sites for hydroxylation is 1. The number of carboxylic acid groups (broad SMARTS) is 1. The Morgan fingerprint density at radius 1 is 1.12 bits per heavy atom. The molecule has 2 heterocycles. The van der Waals surface area contributed by atoms with Crippen molar-refractivity contribution in [3.8, 4) is 9.75 Å². The molecular formula is C16H14N2O4S3. The van der Waals surface area contributed by atoms with Crippen LogP contribution in [0.5, 0.6) is 0 Å². The lowest BCUT2D eigenvalue weighted by Gasteiger charge is -2.09. The number of sulfonamides is 1. The summed E-state index contributed by atoms with van der Waals surface area (Å²) in [5, 5.41) is 10.0. The van der Waals surface area contributed by atoms with E-state index in [1.165, 1.54) is 23.5 Å². The van der Waals surface area contributed by atoms with Crippen LogP contribution in [0.4, 0.5) is 10.7 Å². The zero-order valence-electron chi connectivity index (χ0n) is 13.0. The van der Waals surface area contributed by atoms with Crippen LogP contribution in [0.1, 0.15) is 15.2 Å². The molecule has 2 aromatic heterocycles. The molecule has 25 heavy (non-hydrogen) atoms. The van der Waals surface area contributed by atoms with Crippen molar-refractivity contribution in [3.05, 3.63) is 52.9 Å². The van der Waals surface area contributed by atoms with Crippen molar-refractivity contribution in [2.45, 2.75) is 11.8 Å². The van der Waals surface area contributed by atoms with E-state index in [9.17, 15) is 18.3 Å². The molecule has 0 spiro atoms. The highest BCUT2D eigenvalue weighted by Gasteiger charge is 2.23. The third-order valence-electron chi connectivity index (χ3n) is 3.42. The topological polar surface area (TPSA) is 109 Å². The Balaban J connectivity index is 2.03. The van der Waals surface area contributed by atoms with E-state index in [2.05, 4.69) is 4.72 Å². The molecule has 0 aliphatic rings. The maximum Gasteiger partial charge on any atom is 0.348 e. The molecule has 0 saturated heterocycles. The van der Waals surface area contributed by atoms with Crippen LogP contribution in [0.3, 0.4) is 0 Å². The van der Waals surface area contributed by atoms with Crippen LogP contribution in [0.2, 0.25) is 0 Å². The van der Waals surface area contributed by atoms with Crippen LogP contribution in [-0.4, -0.2) is 19.5 Å². The quantitative estimate of drug-likeness (QED) is 0.609. The predicted octanol–water partition coefficient (Wildman–Crippen LogP) is 3.87. The first-order valence-electron chi connectivity index (χ1n) is 7.09. The summed E-state index contributed by atoms with van der Waals surface area (Å²) >= 11 is 2.31. The lowest BCUT2D eigenvalue weighted by Crippen LogP contribution is -2.15. The van der Waals surface area contributed by atoms with Gasteiger partial charge in [0, 0.05) is 9.75 Å². The van der Waals surface area contributed by atoms with Gasteiger partial charge in [0.05, 0.1) is 15.6 Å². The minimum Gasteiger partial charge on any atom is -0.477 e. The Bertz CT molecular complexity index is 1050. The van der Waals surface area contributed by atoms with E-state index < -0.39 is 16.0 Å². The fourth-order valence-corrected chi connectivity index (χ4v) is 5.47. The molecule has 9 heteroatoms. The molecule has 130 valence electrons. The van der Waals surface area contributed by atoms with Crippen LogP contribution >= 0.6 is 22.7 Å². The highest BCUT2D eigenvalue weighted by molar-refractivity contribution is 7.92. The van der Waals surface area contributed by atoms with Gasteiger partial charge in [-0.25, -0.2) is 13.2 Å². The van der Waals surface area contributed by atoms with Crippen molar-refractivity contribution < 1.29 is 18.3 Å². The average molecular weight is 394 g/mol. The number of rotatable bonds is 5. The van der Waals surface area contributed by atoms with Crippen molar-refractivity contribution >= 4 is 49.4 Å². The van der Waals surface area contributed by atoms with Crippen molar-refractivity contribution in [2.75, 3.05) is 10.5 Å². The summed E-state index contributed by atoms with van der Waals surface area (Å²) in [6.45, 7) is 1.68. The maximum atomic E-state index is 12.6. The van der Waals surface area contributed by atoms with Gasteiger partial charge in [0.1, 0.15) is 4.88 Å². The predicted molar refractivity (Wildman–Crippen MR) is 101 cm³/mol. The molecule has 4 N–H and O–H groups in total. The van der Waals surface area contributed by atoms with Gasteiger partial charge in [-0.05, 0) is 36.8 Å². The standard InChI is InChI=1S/C16H14N2O4S3/c1-9-4-2-3-5-13(9)25(21,22)18-10-8-12(24-15(10)16(19)20)11-6-7-14(17)23-11/h2-8,18H,17H2,1H3,(H,19,20). The third kappa shape index (κ3) is 3.53. The SMILES string of the molecule is Cc1ccccc1S(=O)(=O)Nc1cc(-c2ccc(N)s2)sc1C(=O)O. The molecule has 0 unspecified atom stereocenters. The molecule has 0 atom stereocenters. The average Bonchev–Trinajstić information content (AvgIpc) is 3.13. The van der Waals surface area contributed by atoms with Crippen molar-refractivity contribution in [1.29, 1.82) is 0 Å². The van der Waals surface area contributed by atoms with Crippen LogP contribution in [0.25, 0.3) is 9.75 Å².